The van der Waals surface area contributed by atoms with Gasteiger partial charge in [0.25, 0.3) is 0 Å². The average molecular weight is 292 g/mol. The van der Waals surface area contributed by atoms with Gasteiger partial charge in [-0.15, -0.1) is 0 Å². The van der Waals surface area contributed by atoms with E-state index in [2.05, 4.69) is 16.7 Å². The van der Waals surface area contributed by atoms with E-state index in [0.29, 0.717) is 18.2 Å². The molecular weight excluding hydrogens is 267 g/mol. The first-order valence-electron chi connectivity index (χ1n) is 7.57. The van der Waals surface area contributed by atoms with Crippen LogP contribution in [0.1, 0.15) is 30.9 Å². The number of rotatable bonds is 6. The summed E-state index contributed by atoms with van der Waals surface area (Å²) in [7, 11) is 2.02. The lowest BCUT2D eigenvalue weighted by atomic mass is 10.1. The van der Waals surface area contributed by atoms with Crippen molar-refractivity contribution >= 4 is 5.84 Å². The Hall–Kier alpha value is -1.46. The van der Waals surface area contributed by atoms with Gasteiger partial charge in [-0.3, -0.25) is 10.3 Å². The van der Waals surface area contributed by atoms with Crippen molar-refractivity contribution in [2.75, 3.05) is 26.7 Å². The molecule has 116 valence electrons. The maximum atomic E-state index is 14.3. The van der Waals surface area contributed by atoms with Crippen LogP contribution in [0, 0.1) is 11.2 Å². The van der Waals surface area contributed by atoms with E-state index in [1.807, 2.05) is 7.05 Å². The quantitative estimate of drug-likeness (QED) is 0.623. The van der Waals surface area contributed by atoms with Gasteiger partial charge in [0.05, 0.1) is 5.56 Å². The number of nitrogens with one attached hydrogen (secondary N) is 1. The first kappa shape index (κ1) is 15.9. The number of amidine groups is 1. The van der Waals surface area contributed by atoms with E-state index in [4.69, 9.17) is 11.1 Å². The summed E-state index contributed by atoms with van der Waals surface area (Å²) in [5, 5.41) is 7.41. The highest BCUT2D eigenvalue weighted by atomic mass is 19.1. The van der Waals surface area contributed by atoms with Crippen LogP contribution in [0.15, 0.2) is 18.2 Å². The van der Waals surface area contributed by atoms with Gasteiger partial charge in [-0.2, -0.15) is 0 Å². The van der Waals surface area contributed by atoms with Gasteiger partial charge in [0.1, 0.15) is 11.7 Å². The molecule has 1 aliphatic heterocycles. The minimum Gasteiger partial charge on any atom is -0.384 e. The predicted molar refractivity (Wildman–Crippen MR) is 84.0 cm³/mol. The Morgan fingerprint density at radius 1 is 1.52 bits per heavy atom. The van der Waals surface area contributed by atoms with Crippen LogP contribution in [0.2, 0.25) is 0 Å². The molecule has 21 heavy (non-hydrogen) atoms. The van der Waals surface area contributed by atoms with Crippen molar-refractivity contribution in [2.24, 2.45) is 5.73 Å². The van der Waals surface area contributed by atoms with Gasteiger partial charge in [0, 0.05) is 24.7 Å². The molecule has 1 unspecified atom stereocenters. The summed E-state index contributed by atoms with van der Waals surface area (Å²) in [4.78, 5) is 4.64. The normalized spacial score (nSPS) is 19.3. The summed E-state index contributed by atoms with van der Waals surface area (Å²) in [6.07, 6.45) is 2.47. The van der Waals surface area contributed by atoms with Crippen LogP contribution < -0.4 is 5.73 Å². The fourth-order valence-electron chi connectivity index (χ4n) is 3.14. The number of likely N-dealkylation sites (tertiary alicyclic amines) is 1. The van der Waals surface area contributed by atoms with Gasteiger partial charge in [-0.05, 0) is 39.0 Å². The third-order valence-electron chi connectivity index (χ3n) is 4.24. The lowest BCUT2D eigenvalue weighted by molar-refractivity contribution is 0.193. The Morgan fingerprint density at radius 2 is 2.29 bits per heavy atom. The van der Waals surface area contributed by atoms with Crippen LogP contribution in [0.5, 0.6) is 0 Å². The second kappa shape index (κ2) is 7.00. The van der Waals surface area contributed by atoms with Gasteiger partial charge in [0.15, 0.2) is 0 Å². The Labute approximate surface area is 126 Å². The minimum absolute atomic E-state index is 0.192. The lowest BCUT2D eigenvalue weighted by Gasteiger charge is -2.28. The molecule has 0 radical (unpaired) electrons. The van der Waals surface area contributed by atoms with Crippen molar-refractivity contribution in [1.82, 2.24) is 9.80 Å². The molecule has 1 saturated heterocycles. The highest BCUT2D eigenvalue weighted by Crippen LogP contribution is 2.19. The largest absolute Gasteiger partial charge is 0.384 e. The standard InChI is InChI=1S/C16H25FN4/c1-3-21-9-5-7-13(21)11-20(2)10-12-6-4-8-14(15(12)17)16(18)19/h4,6,8,13H,3,5,7,9-11H2,1-2H3,(H3,18,19). The molecule has 4 nitrogen and oxygen atoms in total. The maximum absolute atomic E-state index is 14.3. The highest BCUT2D eigenvalue weighted by Gasteiger charge is 2.24. The molecule has 0 saturated carbocycles. The first-order valence-corrected chi connectivity index (χ1v) is 7.57. The maximum Gasteiger partial charge on any atom is 0.138 e. The molecular formula is C16H25FN4. The molecule has 1 heterocycles. The van der Waals surface area contributed by atoms with E-state index in [1.54, 1.807) is 18.2 Å². The van der Waals surface area contributed by atoms with E-state index in [-0.39, 0.29) is 17.2 Å². The number of nitrogens with two attached hydrogens (primary N) is 1. The van der Waals surface area contributed by atoms with Crippen molar-refractivity contribution in [1.29, 1.82) is 5.41 Å². The molecule has 0 spiro atoms. The lowest BCUT2D eigenvalue weighted by Crippen LogP contribution is -2.38. The van der Waals surface area contributed by atoms with Crippen LogP contribution in [0.4, 0.5) is 4.39 Å². The zero-order chi connectivity index (χ0) is 15.4. The number of halogens is 1. The topological polar surface area (TPSA) is 56.4 Å². The Kier molecular flexibility index (Phi) is 5.31. The van der Waals surface area contributed by atoms with Crippen LogP contribution in [-0.2, 0) is 6.54 Å². The smallest absolute Gasteiger partial charge is 0.138 e. The van der Waals surface area contributed by atoms with Gasteiger partial charge < -0.3 is 10.6 Å². The average Bonchev–Trinajstić information content (AvgIpc) is 2.87. The summed E-state index contributed by atoms with van der Waals surface area (Å²) < 4.78 is 14.3. The molecule has 1 aliphatic rings. The monoisotopic (exact) mass is 292 g/mol. The molecule has 1 aromatic carbocycles. The number of nitrogen functional groups attached to an aromatic ring is 1. The number of nitrogens with zero attached hydrogens (tertiary/aromatic N) is 2. The van der Waals surface area contributed by atoms with Crippen LogP contribution >= 0.6 is 0 Å². The molecule has 1 atom stereocenters. The van der Waals surface area contributed by atoms with Gasteiger partial charge in [-0.25, -0.2) is 4.39 Å². The highest BCUT2D eigenvalue weighted by molar-refractivity contribution is 5.95. The van der Waals surface area contributed by atoms with E-state index < -0.39 is 0 Å². The summed E-state index contributed by atoms with van der Waals surface area (Å²) in [5.74, 6) is -0.583. The van der Waals surface area contributed by atoms with Crippen LogP contribution in [-0.4, -0.2) is 48.4 Å². The molecule has 1 fully saturated rings. The Bertz CT molecular complexity index is 503. The summed E-state index contributed by atoms with van der Waals surface area (Å²) in [6.45, 7) is 5.92. The van der Waals surface area contributed by atoms with Gasteiger partial charge >= 0.3 is 0 Å². The van der Waals surface area contributed by atoms with Gasteiger partial charge in [-0.1, -0.05) is 19.1 Å². The van der Waals surface area contributed by atoms with Crippen molar-refractivity contribution < 1.29 is 4.39 Å². The van der Waals surface area contributed by atoms with Crippen LogP contribution in [0.3, 0.4) is 0 Å². The second-order valence-electron chi connectivity index (χ2n) is 5.81. The fraction of sp³-hybridized carbons (Fsp3) is 0.562. The molecule has 1 aromatic rings. The van der Waals surface area contributed by atoms with Crippen molar-refractivity contribution in [3.05, 3.63) is 35.1 Å². The van der Waals surface area contributed by atoms with E-state index in [0.717, 1.165) is 13.1 Å². The third-order valence-corrected chi connectivity index (χ3v) is 4.24. The SMILES string of the molecule is CCN1CCCC1CN(C)Cc1cccc(C(=N)N)c1F. The predicted octanol–water partition coefficient (Wildman–Crippen LogP) is 2.03. The molecule has 2 rings (SSSR count). The zero-order valence-corrected chi connectivity index (χ0v) is 12.9. The first-order chi connectivity index (χ1) is 10.0. The van der Waals surface area contributed by atoms with Gasteiger partial charge in [0.2, 0.25) is 0 Å². The zero-order valence-electron chi connectivity index (χ0n) is 12.9. The summed E-state index contributed by atoms with van der Waals surface area (Å²) in [5.41, 5.74) is 6.20. The number of benzene rings is 1. The number of hydrogen-bond acceptors (Lipinski definition) is 3. The van der Waals surface area contributed by atoms with Crippen molar-refractivity contribution in [3.8, 4) is 0 Å². The number of hydrogen-bond donors (Lipinski definition) is 2. The Morgan fingerprint density at radius 3 is 2.95 bits per heavy atom. The number of likely N-dealkylation sites (N-methyl/N-ethyl adjacent to an activating group) is 2. The van der Waals surface area contributed by atoms with Crippen molar-refractivity contribution in [2.45, 2.75) is 32.4 Å². The molecule has 0 aliphatic carbocycles. The Balaban J connectivity index is 2.01. The molecule has 5 heteroatoms. The molecule has 3 N–H and O–H groups in total. The summed E-state index contributed by atoms with van der Waals surface area (Å²) in [6, 6.07) is 5.65. The summed E-state index contributed by atoms with van der Waals surface area (Å²) >= 11 is 0. The van der Waals surface area contributed by atoms with E-state index >= 15 is 0 Å². The van der Waals surface area contributed by atoms with Crippen LogP contribution in [0.25, 0.3) is 0 Å². The van der Waals surface area contributed by atoms with E-state index in [9.17, 15) is 4.39 Å². The molecule has 0 bridgehead atoms. The third kappa shape index (κ3) is 3.80. The van der Waals surface area contributed by atoms with E-state index in [1.165, 1.54) is 19.4 Å². The molecule has 0 aromatic heterocycles. The van der Waals surface area contributed by atoms with Crippen molar-refractivity contribution in [3.63, 3.8) is 0 Å². The molecule has 0 amide bonds. The minimum atomic E-state index is -0.365. The second-order valence-corrected chi connectivity index (χ2v) is 5.81. The fourth-order valence-corrected chi connectivity index (χ4v) is 3.14.